The number of halogens is 1. The fraction of sp³-hybridized carbons (Fsp3) is 0.111. The molecule has 0 saturated carbocycles. The molecule has 14 heavy (non-hydrogen) atoms. The van der Waals surface area contributed by atoms with Crippen LogP contribution < -0.4 is 5.73 Å². The number of nitrogens with two attached hydrogens (primary N) is 1. The number of hydrogen-bond donors (Lipinski definition) is 2. The first-order valence-electron chi connectivity index (χ1n) is 3.92. The first-order chi connectivity index (χ1) is 6.20. The highest BCUT2D eigenvalue weighted by atomic mass is 35.5. The number of nitrogens with one attached hydrogen (secondary N) is 1. The Morgan fingerprint density at radius 1 is 1.50 bits per heavy atom. The minimum absolute atomic E-state index is 0. The number of H-pyrrole nitrogens is 1. The van der Waals surface area contributed by atoms with Crippen LogP contribution in [0, 0.1) is 6.92 Å². The van der Waals surface area contributed by atoms with Crippen LogP contribution in [-0.4, -0.2) is 16.1 Å². The minimum atomic E-state index is -0.402. The summed E-state index contributed by atoms with van der Waals surface area (Å²) in [7, 11) is 0. The number of rotatable bonds is 1. The zero-order valence-electron chi connectivity index (χ0n) is 7.57. The van der Waals surface area contributed by atoms with Crippen molar-refractivity contribution in [1.29, 1.82) is 0 Å². The predicted molar refractivity (Wildman–Crippen MR) is 56.6 cm³/mol. The highest BCUT2D eigenvalue weighted by molar-refractivity contribution is 5.99. The standard InChI is InChI=1S/C9H9N3O.ClH/c1-5-6(9(10)13)2-3-8-7(5)4-11-12-8;/h2-4H,1H3,(H2,10,13)(H,11,12);1H. The third-order valence-electron chi connectivity index (χ3n) is 2.16. The van der Waals surface area contributed by atoms with Crippen molar-refractivity contribution >= 4 is 29.2 Å². The molecule has 0 spiro atoms. The van der Waals surface area contributed by atoms with E-state index in [0.29, 0.717) is 5.56 Å². The molecule has 2 rings (SSSR count). The van der Waals surface area contributed by atoms with Crippen molar-refractivity contribution in [1.82, 2.24) is 10.2 Å². The quantitative estimate of drug-likeness (QED) is 0.748. The number of carbonyl (C=O) groups excluding carboxylic acids is 1. The SMILES string of the molecule is Cc1c(C(N)=O)ccc2[nH]ncc12.Cl. The molecule has 1 aromatic heterocycles. The largest absolute Gasteiger partial charge is 0.366 e. The lowest BCUT2D eigenvalue weighted by Crippen LogP contribution is -2.12. The maximum absolute atomic E-state index is 11.0. The molecular weight excluding hydrogens is 202 g/mol. The Bertz CT molecular complexity index is 478. The molecule has 1 heterocycles. The molecule has 0 aliphatic carbocycles. The van der Waals surface area contributed by atoms with Gasteiger partial charge in [-0.15, -0.1) is 12.4 Å². The van der Waals surface area contributed by atoms with Gasteiger partial charge in [-0.1, -0.05) is 0 Å². The monoisotopic (exact) mass is 211 g/mol. The van der Waals surface area contributed by atoms with E-state index in [1.165, 1.54) is 0 Å². The second kappa shape index (κ2) is 3.67. The van der Waals surface area contributed by atoms with Crippen LogP contribution in [0.2, 0.25) is 0 Å². The normalized spacial score (nSPS) is 9.79. The van der Waals surface area contributed by atoms with Crippen molar-refractivity contribution in [2.24, 2.45) is 5.73 Å². The summed E-state index contributed by atoms with van der Waals surface area (Å²) in [5, 5.41) is 7.65. The molecule has 74 valence electrons. The van der Waals surface area contributed by atoms with Gasteiger partial charge in [0.25, 0.3) is 0 Å². The highest BCUT2D eigenvalue weighted by Crippen LogP contribution is 2.18. The summed E-state index contributed by atoms with van der Waals surface area (Å²) in [4.78, 5) is 11.0. The van der Waals surface area contributed by atoms with E-state index in [4.69, 9.17) is 5.73 Å². The van der Waals surface area contributed by atoms with Crippen molar-refractivity contribution in [3.05, 3.63) is 29.5 Å². The molecule has 3 N–H and O–H groups in total. The van der Waals surface area contributed by atoms with E-state index < -0.39 is 5.91 Å². The number of primary amides is 1. The summed E-state index contributed by atoms with van der Waals surface area (Å²) >= 11 is 0. The molecular formula is C9H10ClN3O. The van der Waals surface area contributed by atoms with Crippen molar-refractivity contribution in [3.63, 3.8) is 0 Å². The summed E-state index contributed by atoms with van der Waals surface area (Å²) in [6.45, 7) is 1.86. The topological polar surface area (TPSA) is 71.8 Å². The fourth-order valence-electron chi connectivity index (χ4n) is 1.43. The van der Waals surface area contributed by atoms with Gasteiger partial charge in [-0.25, -0.2) is 0 Å². The lowest BCUT2D eigenvalue weighted by atomic mass is 10.0. The van der Waals surface area contributed by atoms with Gasteiger partial charge in [0.15, 0.2) is 0 Å². The second-order valence-electron chi connectivity index (χ2n) is 2.93. The van der Waals surface area contributed by atoms with Crippen LogP contribution in [-0.2, 0) is 0 Å². The van der Waals surface area contributed by atoms with Crippen molar-refractivity contribution < 1.29 is 4.79 Å². The summed E-state index contributed by atoms with van der Waals surface area (Å²) in [5.41, 5.74) is 7.55. The molecule has 0 aliphatic heterocycles. The van der Waals surface area contributed by atoms with E-state index in [-0.39, 0.29) is 12.4 Å². The van der Waals surface area contributed by atoms with Gasteiger partial charge in [0, 0.05) is 10.9 Å². The van der Waals surface area contributed by atoms with Crippen LogP contribution in [0.3, 0.4) is 0 Å². The van der Waals surface area contributed by atoms with Crippen LogP contribution in [0.1, 0.15) is 15.9 Å². The first-order valence-corrected chi connectivity index (χ1v) is 3.92. The molecule has 0 aliphatic rings. The molecule has 0 saturated heterocycles. The van der Waals surface area contributed by atoms with Gasteiger partial charge in [-0.05, 0) is 24.6 Å². The van der Waals surface area contributed by atoms with Gasteiger partial charge in [0.05, 0.1) is 11.7 Å². The average Bonchev–Trinajstić information content (AvgIpc) is 2.52. The fourth-order valence-corrected chi connectivity index (χ4v) is 1.43. The summed E-state index contributed by atoms with van der Waals surface area (Å²) in [6.07, 6.45) is 1.69. The van der Waals surface area contributed by atoms with E-state index in [1.807, 2.05) is 6.92 Å². The van der Waals surface area contributed by atoms with Gasteiger partial charge in [-0.3, -0.25) is 9.89 Å². The Labute approximate surface area is 86.9 Å². The number of aryl methyl sites for hydroxylation is 1. The van der Waals surface area contributed by atoms with Crippen LogP contribution in [0.4, 0.5) is 0 Å². The van der Waals surface area contributed by atoms with E-state index in [2.05, 4.69) is 10.2 Å². The summed E-state index contributed by atoms with van der Waals surface area (Å²) in [5.74, 6) is -0.402. The number of carbonyl (C=O) groups is 1. The highest BCUT2D eigenvalue weighted by Gasteiger charge is 2.08. The number of fused-ring (bicyclic) bond motifs is 1. The molecule has 0 fully saturated rings. The van der Waals surface area contributed by atoms with E-state index in [0.717, 1.165) is 16.5 Å². The lowest BCUT2D eigenvalue weighted by molar-refractivity contribution is 0.1000. The number of benzene rings is 1. The van der Waals surface area contributed by atoms with Gasteiger partial charge in [0.2, 0.25) is 5.91 Å². The van der Waals surface area contributed by atoms with E-state index >= 15 is 0 Å². The molecule has 0 radical (unpaired) electrons. The summed E-state index contributed by atoms with van der Waals surface area (Å²) in [6, 6.07) is 3.51. The third kappa shape index (κ3) is 1.44. The second-order valence-corrected chi connectivity index (χ2v) is 2.93. The number of hydrogen-bond acceptors (Lipinski definition) is 2. The van der Waals surface area contributed by atoms with E-state index in [9.17, 15) is 4.79 Å². The lowest BCUT2D eigenvalue weighted by Gasteiger charge is -2.01. The molecule has 5 heteroatoms. The van der Waals surface area contributed by atoms with Crippen molar-refractivity contribution in [3.8, 4) is 0 Å². The Morgan fingerprint density at radius 3 is 2.86 bits per heavy atom. The number of aromatic amines is 1. The molecule has 0 bridgehead atoms. The summed E-state index contributed by atoms with van der Waals surface area (Å²) < 4.78 is 0. The van der Waals surface area contributed by atoms with Gasteiger partial charge >= 0.3 is 0 Å². The first kappa shape index (κ1) is 10.5. The number of nitrogens with zero attached hydrogens (tertiary/aromatic N) is 1. The average molecular weight is 212 g/mol. The van der Waals surface area contributed by atoms with E-state index in [1.54, 1.807) is 18.3 Å². The minimum Gasteiger partial charge on any atom is -0.366 e. The smallest absolute Gasteiger partial charge is 0.248 e. The maximum Gasteiger partial charge on any atom is 0.248 e. The molecule has 1 amide bonds. The van der Waals surface area contributed by atoms with Crippen molar-refractivity contribution in [2.45, 2.75) is 6.92 Å². The van der Waals surface area contributed by atoms with Crippen LogP contribution in [0.5, 0.6) is 0 Å². The maximum atomic E-state index is 11.0. The Morgan fingerprint density at radius 2 is 2.21 bits per heavy atom. The molecule has 0 unspecified atom stereocenters. The third-order valence-corrected chi connectivity index (χ3v) is 2.16. The molecule has 2 aromatic rings. The molecule has 4 nitrogen and oxygen atoms in total. The number of aromatic nitrogens is 2. The Balaban J connectivity index is 0.000000980. The van der Waals surface area contributed by atoms with Gasteiger partial charge in [0.1, 0.15) is 0 Å². The molecule has 0 atom stereocenters. The molecule has 1 aromatic carbocycles. The van der Waals surface area contributed by atoms with Crippen LogP contribution >= 0.6 is 12.4 Å². The van der Waals surface area contributed by atoms with Crippen molar-refractivity contribution in [2.75, 3.05) is 0 Å². The zero-order chi connectivity index (χ0) is 9.42. The zero-order valence-corrected chi connectivity index (χ0v) is 8.39. The Hall–Kier alpha value is -1.55. The number of amides is 1. The predicted octanol–water partition coefficient (Wildman–Crippen LogP) is 1.39. The van der Waals surface area contributed by atoms with Crippen LogP contribution in [0.15, 0.2) is 18.3 Å². The Kier molecular flexibility index (Phi) is 2.76. The van der Waals surface area contributed by atoms with Gasteiger partial charge < -0.3 is 5.73 Å². The van der Waals surface area contributed by atoms with Gasteiger partial charge in [-0.2, -0.15) is 5.10 Å². The van der Waals surface area contributed by atoms with Crippen LogP contribution in [0.25, 0.3) is 10.9 Å².